The van der Waals surface area contributed by atoms with Gasteiger partial charge in [-0.05, 0) is 71.0 Å². The third-order valence-corrected chi connectivity index (χ3v) is 5.06. The van der Waals surface area contributed by atoms with Crippen LogP contribution in [0.3, 0.4) is 0 Å². The maximum Gasteiger partial charge on any atom is 0.314 e. The maximum absolute atomic E-state index is 11.8. The molecule has 3 aromatic rings. The molecule has 2 heterocycles. The highest BCUT2D eigenvalue weighted by molar-refractivity contribution is 5.76. The Morgan fingerprint density at radius 1 is 0.914 bits per heavy atom. The number of imidazole rings is 1. The summed E-state index contributed by atoms with van der Waals surface area (Å²) < 4.78 is 16.4. The Kier molecular flexibility index (Phi) is 10.0. The molecular formula is C28H39N3O4. The highest BCUT2D eigenvalue weighted by Gasteiger charge is 2.29. The molecule has 0 saturated heterocycles. The van der Waals surface area contributed by atoms with Crippen molar-refractivity contribution < 1.29 is 19.0 Å². The van der Waals surface area contributed by atoms with Crippen LogP contribution in [-0.2, 0) is 20.7 Å². The van der Waals surface area contributed by atoms with Crippen LogP contribution >= 0.6 is 0 Å². The number of pyridine rings is 1. The predicted octanol–water partition coefficient (Wildman–Crippen LogP) is 6.10. The fourth-order valence-electron chi connectivity index (χ4n) is 3.13. The molecule has 0 aliphatic heterocycles. The van der Waals surface area contributed by atoms with Crippen LogP contribution in [0, 0.1) is 5.41 Å². The fourth-order valence-corrected chi connectivity index (χ4v) is 3.13. The monoisotopic (exact) mass is 481 g/mol. The lowest BCUT2D eigenvalue weighted by Crippen LogP contribution is -2.32. The number of aromatic nitrogens is 3. The van der Waals surface area contributed by atoms with Gasteiger partial charge < -0.3 is 19.2 Å². The summed E-state index contributed by atoms with van der Waals surface area (Å²) in [7, 11) is 1.38. The Hall–Kier alpha value is -3.19. The molecule has 1 aromatic carbocycles. The van der Waals surface area contributed by atoms with Gasteiger partial charge in [0.15, 0.2) is 0 Å². The standard InChI is InChI=1S/C26H33N3O4.C2H6/c1-25(2,3)33-14-13-20-16-28-23(29-20)19-9-12-22(27-15-19)18-7-10-21(11-8-18)32-17-26(4,5)24(30)31-6;1-2/h7-12,15-16H,13-14,17H2,1-6H3,(H,28,29);1-2H3. The molecular weight excluding hydrogens is 442 g/mol. The van der Waals surface area contributed by atoms with Crippen molar-refractivity contribution in [1.82, 2.24) is 15.0 Å². The van der Waals surface area contributed by atoms with Crippen LogP contribution in [0.15, 0.2) is 48.8 Å². The van der Waals surface area contributed by atoms with Crippen molar-refractivity contribution in [2.24, 2.45) is 5.41 Å². The Morgan fingerprint density at radius 3 is 2.14 bits per heavy atom. The number of carbonyl (C=O) groups excluding carboxylic acids is 1. The van der Waals surface area contributed by atoms with Gasteiger partial charge in [-0.2, -0.15) is 0 Å². The number of carbonyl (C=O) groups is 1. The minimum absolute atomic E-state index is 0.146. The van der Waals surface area contributed by atoms with Crippen LogP contribution in [-0.4, -0.2) is 46.8 Å². The van der Waals surface area contributed by atoms with Crippen LogP contribution in [0.1, 0.15) is 54.2 Å². The smallest absolute Gasteiger partial charge is 0.314 e. The van der Waals surface area contributed by atoms with Crippen LogP contribution in [0.2, 0.25) is 0 Å². The molecule has 0 aliphatic rings. The molecule has 0 fully saturated rings. The first-order chi connectivity index (χ1) is 16.6. The van der Waals surface area contributed by atoms with E-state index >= 15 is 0 Å². The van der Waals surface area contributed by atoms with E-state index in [0.29, 0.717) is 12.4 Å². The van der Waals surface area contributed by atoms with Gasteiger partial charge in [-0.15, -0.1) is 0 Å². The Labute approximate surface area is 209 Å². The molecule has 7 nitrogen and oxygen atoms in total. The minimum Gasteiger partial charge on any atom is -0.492 e. The Balaban J connectivity index is 0.00000210. The molecule has 0 aliphatic carbocycles. The summed E-state index contributed by atoms with van der Waals surface area (Å²) in [6.45, 7) is 14.6. The summed E-state index contributed by atoms with van der Waals surface area (Å²) >= 11 is 0. The molecule has 0 amide bonds. The number of rotatable bonds is 9. The van der Waals surface area contributed by atoms with E-state index in [9.17, 15) is 4.79 Å². The fraction of sp³-hybridized carbons (Fsp3) is 0.464. The second kappa shape index (κ2) is 12.5. The van der Waals surface area contributed by atoms with Crippen molar-refractivity contribution in [3.8, 4) is 28.4 Å². The summed E-state index contributed by atoms with van der Waals surface area (Å²) in [4.78, 5) is 24.2. The number of nitrogens with zero attached hydrogens (tertiary/aromatic N) is 2. The van der Waals surface area contributed by atoms with Gasteiger partial charge in [-0.3, -0.25) is 9.78 Å². The number of ether oxygens (including phenoxy) is 3. The largest absolute Gasteiger partial charge is 0.492 e. The first kappa shape index (κ1) is 28.1. The van der Waals surface area contributed by atoms with Gasteiger partial charge in [0.1, 0.15) is 18.2 Å². The first-order valence-corrected chi connectivity index (χ1v) is 12.0. The number of esters is 1. The van der Waals surface area contributed by atoms with E-state index in [1.165, 1.54) is 7.11 Å². The Morgan fingerprint density at radius 2 is 1.57 bits per heavy atom. The van der Waals surface area contributed by atoms with Gasteiger partial charge in [0.2, 0.25) is 0 Å². The number of nitrogens with one attached hydrogen (secondary N) is 1. The average Bonchev–Trinajstić information content (AvgIpc) is 3.32. The minimum atomic E-state index is -0.712. The van der Waals surface area contributed by atoms with E-state index in [1.54, 1.807) is 13.8 Å². The third-order valence-electron chi connectivity index (χ3n) is 5.06. The molecule has 0 atom stereocenters. The van der Waals surface area contributed by atoms with Crippen molar-refractivity contribution >= 4 is 5.97 Å². The van der Waals surface area contributed by atoms with Crippen molar-refractivity contribution in [2.75, 3.05) is 20.3 Å². The summed E-state index contributed by atoms with van der Waals surface area (Å²) in [5.74, 6) is 1.17. The molecule has 7 heteroatoms. The number of methoxy groups -OCH3 is 1. The van der Waals surface area contributed by atoms with Crippen molar-refractivity contribution in [2.45, 2.75) is 60.5 Å². The Bertz CT molecular complexity index is 1050. The highest BCUT2D eigenvalue weighted by Crippen LogP contribution is 2.25. The highest BCUT2D eigenvalue weighted by atomic mass is 16.5. The number of hydrogen-bond donors (Lipinski definition) is 1. The van der Waals surface area contributed by atoms with Crippen molar-refractivity contribution in [3.05, 3.63) is 54.5 Å². The lowest BCUT2D eigenvalue weighted by atomic mass is 9.95. The zero-order valence-electron chi connectivity index (χ0n) is 22.3. The van der Waals surface area contributed by atoms with E-state index < -0.39 is 5.41 Å². The van der Waals surface area contributed by atoms with Gasteiger partial charge in [-0.1, -0.05) is 13.8 Å². The van der Waals surface area contributed by atoms with E-state index in [2.05, 4.69) is 15.0 Å². The average molecular weight is 482 g/mol. The maximum atomic E-state index is 11.8. The summed E-state index contributed by atoms with van der Waals surface area (Å²) in [6.07, 6.45) is 4.43. The zero-order chi connectivity index (χ0) is 26.1. The van der Waals surface area contributed by atoms with Gasteiger partial charge in [-0.25, -0.2) is 4.98 Å². The van der Waals surface area contributed by atoms with Gasteiger partial charge in [0.05, 0.1) is 30.4 Å². The van der Waals surface area contributed by atoms with E-state index in [4.69, 9.17) is 14.2 Å². The second-order valence-corrected chi connectivity index (χ2v) is 9.59. The third kappa shape index (κ3) is 8.51. The molecule has 0 saturated carbocycles. The normalized spacial score (nSPS) is 11.4. The number of benzene rings is 1. The molecule has 0 unspecified atom stereocenters. The molecule has 0 spiro atoms. The zero-order valence-corrected chi connectivity index (χ0v) is 22.3. The van der Waals surface area contributed by atoms with Crippen LogP contribution < -0.4 is 4.74 Å². The molecule has 1 N–H and O–H groups in total. The lowest BCUT2D eigenvalue weighted by Gasteiger charge is -2.21. The topological polar surface area (TPSA) is 86.3 Å². The van der Waals surface area contributed by atoms with E-state index in [0.717, 1.165) is 34.8 Å². The summed E-state index contributed by atoms with van der Waals surface area (Å²) in [5.41, 5.74) is 2.92. The summed E-state index contributed by atoms with van der Waals surface area (Å²) in [6, 6.07) is 11.6. The molecule has 0 bridgehead atoms. The molecule has 0 radical (unpaired) electrons. The number of H-pyrrole nitrogens is 1. The van der Waals surface area contributed by atoms with Gasteiger partial charge in [0, 0.05) is 35.6 Å². The van der Waals surface area contributed by atoms with Gasteiger partial charge >= 0.3 is 5.97 Å². The van der Waals surface area contributed by atoms with Crippen molar-refractivity contribution in [3.63, 3.8) is 0 Å². The molecule has 35 heavy (non-hydrogen) atoms. The summed E-state index contributed by atoms with van der Waals surface area (Å²) in [5, 5.41) is 0. The van der Waals surface area contributed by atoms with Crippen LogP contribution in [0.4, 0.5) is 0 Å². The first-order valence-electron chi connectivity index (χ1n) is 12.0. The molecule has 190 valence electrons. The predicted molar refractivity (Wildman–Crippen MR) is 139 cm³/mol. The second-order valence-electron chi connectivity index (χ2n) is 9.59. The molecule has 3 rings (SSSR count). The lowest BCUT2D eigenvalue weighted by molar-refractivity contribution is -0.152. The quantitative estimate of drug-likeness (QED) is 0.372. The van der Waals surface area contributed by atoms with Gasteiger partial charge in [0.25, 0.3) is 0 Å². The van der Waals surface area contributed by atoms with E-state index in [-0.39, 0.29) is 18.2 Å². The van der Waals surface area contributed by atoms with E-state index in [1.807, 2.05) is 83.4 Å². The van der Waals surface area contributed by atoms with Crippen LogP contribution in [0.25, 0.3) is 22.6 Å². The number of hydrogen-bond acceptors (Lipinski definition) is 6. The van der Waals surface area contributed by atoms with Crippen molar-refractivity contribution in [1.29, 1.82) is 0 Å². The van der Waals surface area contributed by atoms with Crippen LogP contribution in [0.5, 0.6) is 5.75 Å². The molecule has 2 aromatic heterocycles. The number of aromatic amines is 1. The SMILES string of the molecule is CC.COC(=O)C(C)(C)COc1ccc(-c2ccc(-c3ncc(CCOC(C)(C)C)[nH]3)cn2)cc1.